The molecule has 1 saturated carbocycles. The molecule has 0 saturated heterocycles. The number of hydrogen-bond acceptors (Lipinski definition) is 2. The molecule has 0 aromatic rings. The molecule has 0 amide bonds. The van der Waals surface area contributed by atoms with Gasteiger partial charge in [0.2, 0.25) is 0 Å². The molecule has 0 atom stereocenters. The maximum absolute atomic E-state index is 7.78. The van der Waals surface area contributed by atoms with Crippen LogP contribution in [0.2, 0.25) is 0 Å². The summed E-state index contributed by atoms with van der Waals surface area (Å²) in [7, 11) is 0. The van der Waals surface area contributed by atoms with Crippen LogP contribution < -0.4 is 0 Å². The Morgan fingerprint density at radius 3 is 2.21 bits per heavy atom. The Bertz CT molecular complexity index is 235. The van der Waals surface area contributed by atoms with Gasteiger partial charge in [-0.15, -0.1) is 0 Å². The summed E-state index contributed by atoms with van der Waals surface area (Å²) in [4.78, 5) is 4.02. The van der Waals surface area contributed by atoms with Crippen molar-refractivity contribution < 1.29 is 0 Å². The largest absolute Gasteiger partial charge is 0.304 e. The molecule has 1 aliphatic rings. The van der Waals surface area contributed by atoms with Crippen LogP contribution >= 0.6 is 0 Å². The Hall–Kier alpha value is -0.990. The number of nitrogens with zero attached hydrogens (tertiary/aromatic N) is 1. The highest BCUT2D eigenvalue weighted by atomic mass is 14.8. The lowest BCUT2D eigenvalue weighted by molar-refractivity contribution is 0.585. The normalized spacial score (nSPS) is 19.5. The standard InChI is InChI=1S/C11H19N3/c1-9(12)8-14-11(13)10-6-4-2-3-5-7-10/h8,10,12-13H,2-7H2,1H3. The van der Waals surface area contributed by atoms with Gasteiger partial charge in [0, 0.05) is 17.8 Å². The molecule has 0 unspecified atom stereocenters. The van der Waals surface area contributed by atoms with Gasteiger partial charge < -0.3 is 5.41 Å². The minimum absolute atomic E-state index is 0.341. The first-order chi connectivity index (χ1) is 6.70. The number of rotatable bonds is 2. The molecular formula is C11H19N3. The number of amidine groups is 1. The molecule has 78 valence electrons. The van der Waals surface area contributed by atoms with Crippen molar-refractivity contribution in [3.8, 4) is 0 Å². The second-order valence-electron chi connectivity index (χ2n) is 4.01. The van der Waals surface area contributed by atoms with E-state index in [0.717, 1.165) is 12.8 Å². The third kappa shape index (κ3) is 3.81. The van der Waals surface area contributed by atoms with E-state index in [4.69, 9.17) is 10.8 Å². The lowest BCUT2D eigenvalue weighted by Gasteiger charge is -2.10. The molecule has 0 aromatic carbocycles. The highest BCUT2D eigenvalue weighted by Gasteiger charge is 2.15. The van der Waals surface area contributed by atoms with Gasteiger partial charge in [0.1, 0.15) is 5.84 Å². The predicted molar refractivity (Wildman–Crippen MR) is 60.8 cm³/mol. The SMILES string of the molecule is CC(=N)C=NC(=N)C1CCCCCC1. The van der Waals surface area contributed by atoms with Gasteiger partial charge in [-0.05, 0) is 19.8 Å². The monoisotopic (exact) mass is 193 g/mol. The maximum atomic E-state index is 7.78. The minimum Gasteiger partial charge on any atom is -0.304 e. The number of hydrogen-bond donors (Lipinski definition) is 2. The highest BCUT2D eigenvalue weighted by Crippen LogP contribution is 2.23. The lowest BCUT2D eigenvalue weighted by Crippen LogP contribution is -2.11. The van der Waals surface area contributed by atoms with Gasteiger partial charge in [0.15, 0.2) is 0 Å². The first-order valence-corrected chi connectivity index (χ1v) is 5.38. The van der Waals surface area contributed by atoms with Gasteiger partial charge in [-0.3, -0.25) is 5.41 Å². The van der Waals surface area contributed by atoms with Gasteiger partial charge in [0.05, 0.1) is 0 Å². The van der Waals surface area contributed by atoms with Crippen molar-refractivity contribution >= 4 is 17.8 Å². The zero-order valence-electron chi connectivity index (χ0n) is 8.84. The average molecular weight is 193 g/mol. The molecule has 0 aromatic heterocycles. The van der Waals surface area contributed by atoms with Crippen LogP contribution in [0.3, 0.4) is 0 Å². The van der Waals surface area contributed by atoms with Crippen molar-refractivity contribution in [2.75, 3.05) is 0 Å². The Balaban J connectivity index is 2.45. The summed E-state index contributed by atoms with van der Waals surface area (Å²) in [6.45, 7) is 1.68. The molecule has 14 heavy (non-hydrogen) atoms. The number of nitrogens with one attached hydrogen (secondary N) is 2. The molecule has 1 rings (SSSR count). The molecule has 1 aliphatic carbocycles. The van der Waals surface area contributed by atoms with Crippen LogP contribution in [-0.2, 0) is 0 Å². The van der Waals surface area contributed by atoms with Crippen LogP contribution in [0.25, 0.3) is 0 Å². The summed E-state index contributed by atoms with van der Waals surface area (Å²) in [6.07, 6.45) is 8.75. The van der Waals surface area contributed by atoms with E-state index in [2.05, 4.69) is 4.99 Å². The molecule has 3 heteroatoms. The van der Waals surface area contributed by atoms with Crippen LogP contribution in [0.1, 0.15) is 45.4 Å². The van der Waals surface area contributed by atoms with E-state index in [1.165, 1.54) is 31.9 Å². The fourth-order valence-electron chi connectivity index (χ4n) is 1.82. The van der Waals surface area contributed by atoms with Crippen molar-refractivity contribution in [1.29, 1.82) is 10.8 Å². The van der Waals surface area contributed by atoms with E-state index in [0.29, 0.717) is 17.5 Å². The van der Waals surface area contributed by atoms with Crippen LogP contribution in [-0.4, -0.2) is 17.8 Å². The first kappa shape index (κ1) is 11.1. The quantitative estimate of drug-likeness (QED) is 0.385. The third-order valence-corrected chi connectivity index (χ3v) is 2.64. The molecular weight excluding hydrogens is 174 g/mol. The zero-order valence-corrected chi connectivity index (χ0v) is 8.84. The fourth-order valence-corrected chi connectivity index (χ4v) is 1.82. The molecule has 0 heterocycles. The summed E-state index contributed by atoms with van der Waals surface area (Å²) >= 11 is 0. The van der Waals surface area contributed by atoms with E-state index >= 15 is 0 Å². The molecule has 2 N–H and O–H groups in total. The van der Waals surface area contributed by atoms with Crippen LogP contribution in [0.15, 0.2) is 4.99 Å². The molecule has 0 aliphatic heterocycles. The second kappa shape index (κ2) is 5.68. The lowest BCUT2D eigenvalue weighted by atomic mass is 9.99. The van der Waals surface area contributed by atoms with E-state index in [1.54, 1.807) is 6.92 Å². The summed E-state index contributed by atoms with van der Waals surface area (Å²) in [5.41, 5.74) is 0.420. The zero-order chi connectivity index (χ0) is 10.4. The van der Waals surface area contributed by atoms with Crippen LogP contribution in [0.5, 0.6) is 0 Å². The van der Waals surface area contributed by atoms with Crippen LogP contribution in [0.4, 0.5) is 0 Å². The van der Waals surface area contributed by atoms with Gasteiger partial charge in [-0.25, -0.2) is 4.99 Å². The average Bonchev–Trinajstić information content (AvgIpc) is 2.42. The molecule has 1 fully saturated rings. The van der Waals surface area contributed by atoms with Crippen molar-refractivity contribution in [2.45, 2.75) is 45.4 Å². The van der Waals surface area contributed by atoms with Crippen molar-refractivity contribution in [3.63, 3.8) is 0 Å². The van der Waals surface area contributed by atoms with E-state index in [1.807, 2.05) is 0 Å². The summed E-state index contributed by atoms with van der Waals surface area (Å²) < 4.78 is 0. The summed E-state index contributed by atoms with van der Waals surface area (Å²) in [6, 6.07) is 0. The Morgan fingerprint density at radius 1 is 1.14 bits per heavy atom. The van der Waals surface area contributed by atoms with Crippen LogP contribution in [0, 0.1) is 16.7 Å². The van der Waals surface area contributed by atoms with Gasteiger partial charge >= 0.3 is 0 Å². The fraction of sp³-hybridized carbons (Fsp3) is 0.727. The molecule has 0 spiro atoms. The van der Waals surface area contributed by atoms with Gasteiger partial charge in [0.25, 0.3) is 0 Å². The smallest absolute Gasteiger partial charge is 0.123 e. The van der Waals surface area contributed by atoms with Gasteiger partial charge in [-0.2, -0.15) is 0 Å². The predicted octanol–water partition coefficient (Wildman–Crippen LogP) is 3.04. The molecule has 3 nitrogen and oxygen atoms in total. The molecule has 0 radical (unpaired) electrons. The van der Waals surface area contributed by atoms with Crippen molar-refractivity contribution in [2.24, 2.45) is 10.9 Å². The topological polar surface area (TPSA) is 60.1 Å². The Labute approximate surface area is 85.6 Å². The van der Waals surface area contributed by atoms with E-state index < -0.39 is 0 Å². The summed E-state index contributed by atoms with van der Waals surface area (Å²) in [5.74, 6) is 0.812. The van der Waals surface area contributed by atoms with E-state index in [9.17, 15) is 0 Å². The van der Waals surface area contributed by atoms with Crippen molar-refractivity contribution in [3.05, 3.63) is 0 Å². The second-order valence-corrected chi connectivity index (χ2v) is 4.01. The van der Waals surface area contributed by atoms with Crippen molar-refractivity contribution in [1.82, 2.24) is 0 Å². The van der Waals surface area contributed by atoms with Gasteiger partial charge in [-0.1, -0.05) is 25.7 Å². The Kier molecular flexibility index (Phi) is 4.50. The Morgan fingerprint density at radius 2 is 1.71 bits per heavy atom. The minimum atomic E-state index is 0.341. The molecule has 0 bridgehead atoms. The number of aliphatic imine (C=N–C) groups is 1. The first-order valence-electron chi connectivity index (χ1n) is 5.38. The maximum Gasteiger partial charge on any atom is 0.123 e. The highest BCUT2D eigenvalue weighted by molar-refractivity contribution is 6.29. The third-order valence-electron chi connectivity index (χ3n) is 2.64. The van der Waals surface area contributed by atoms with E-state index in [-0.39, 0.29) is 0 Å². The summed E-state index contributed by atoms with van der Waals surface area (Å²) in [5, 5.41) is 15.0.